The van der Waals surface area contributed by atoms with Gasteiger partial charge in [-0.2, -0.15) is 5.10 Å². The second-order valence-corrected chi connectivity index (χ2v) is 5.30. The number of hydrogen-bond donors (Lipinski definition) is 3. The van der Waals surface area contributed by atoms with E-state index in [1.54, 1.807) is 13.2 Å². The van der Waals surface area contributed by atoms with Gasteiger partial charge in [0.1, 0.15) is 0 Å². The number of aliphatic hydroxyl groups excluding tert-OH is 1. The van der Waals surface area contributed by atoms with E-state index in [0.29, 0.717) is 24.1 Å². The third-order valence-corrected chi connectivity index (χ3v) is 3.90. The van der Waals surface area contributed by atoms with Gasteiger partial charge in [-0.15, -0.1) is 0 Å². The van der Waals surface area contributed by atoms with Crippen LogP contribution in [0.15, 0.2) is 6.20 Å². The number of nitrogens with zero attached hydrogens (tertiary/aromatic N) is 2. The van der Waals surface area contributed by atoms with Crippen molar-refractivity contribution in [3.8, 4) is 0 Å². The normalized spacial score (nSPS) is 23.3. The van der Waals surface area contributed by atoms with Crippen LogP contribution < -0.4 is 11.1 Å². The van der Waals surface area contributed by atoms with Crippen molar-refractivity contribution in [1.29, 1.82) is 0 Å². The fraction of sp³-hybridized carbons (Fsp3) is 0.692. The molecule has 1 aromatic rings. The third-order valence-electron chi connectivity index (χ3n) is 3.90. The van der Waals surface area contributed by atoms with Crippen LogP contribution in [0.3, 0.4) is 0 Å². The summed E-state index contributed by atoms with van der Waals surface area (Å²) in [6.45, 7) is 0.784. The van der Waals surface area contributed by atoms with Crippen molar-refractivity contribution in [1.82, 2.24) is 15.1 Å². The number of carbonyl (C=O) groups excluding carboxylic acids is 1. The Hall–Kier alpha value is -1.56. The molecule has 1 aromatic heterocycles. The standard InChI is InChI=1S/C13H22N4O2/c1-17-7-11(14)12(16-17)13(19)15-6-9-4-2-3-5-10(9)8-18/h7,9-10,18H,2-6,8,14H2,1H3,(H,15,19). The monoisotopic (exact) mass is 266 g/mol. The van der Waals surface area contributed by atoms with E-state index in [1.165, 1.54) is 17.5 Å². The zero-order chi connectivity index (χ0) is 13.8. The number of nitrogen functional groups attached to an aromatic ring is 1. The average Bonchev–Trinajstić information content (AvgIpc) is 2.75. The number of carbonyl (C=O) groups is 1. The molecule has 1 aliphatic rings. The molecule has 0 aliphatic heterocycles. The molecular formula is C13H22N4O2. The number of amides is 1. The van der Waals surface area contributed by atoms with Gasteiger partial charge in [0.15, 0.2) is 5.69 Å². The number of rotatable bonds is 4. The highest BCUT2D eigenvalue weighted by atomic mass is 16.3. The highest BCUT2D eigenvalue weighted by Gasteiger charge is 2.25. The predicted molar refractivity (Wildman–Crippen MR) is 72.5 cm³/mol. The molecule has 1 amide bonds. The maximum atomic E-state index is 12.0. The summed E-state index contributed by atoms with van der Waals surface area (Å²) in [5.41, 5.74) is 6.39. The van der Waals surface area contributed by atoms with Gasteiger partial charge in [-0.3, -0.25) is 9.48 Å². The van der Waals surface area contributed by atoms with Gasteiger partial charge in [-0.1, -0.05) is 12.8 Å². The number of aryl methyl sites for hydroxylation is 1. The van der Waals surface area contributed by atoms with Crippen molar-refractivity contribution in [2.75, 3.05) is 18.9 Å². The summed E-state index contributed by atoms with van der Waals surface area (Å²) in [7, 11) is 1.73. The van der Waals surface area contributed by atoms with Crippen LogP contribution in [0.25, 0.3) is 0 Å². The van der Waals surface area contributed by atoms with Crippen molar-refractivity contribution in [2.24, 2.45) is 18.9 Å². The van der Waals surface area contributed by atoms with Crippen LogP contribution in [0.2, 0.25) is 0 Å². The van der Waals surface area contributed by atoms with E-state index >= 15 is 0 Å². The van der Waals surface area contributed by atoms with Crippen molar-refractivity contribution in [3.63, 3.8) is 0 Å². The Kier molecular flexibility index (Phi) is 4.42. The van der Waals surface area contributed by atoms with Crippen LogP contribution in [0.1, 0.15) is 36.2 Å². The molecular weight excluding hydrogens is 244 g/mol. The average molecular weight is 266 g/mol. The van der Waals surface area contributed by atoms with Gasteiger partial charge < -0.3 is 16.2 Å². The quantitative estimate of drug-likeness (QED) is 0.741. The maximum absolute atomic E-state index is 12.0. The number of aliphatic hydroxyl groups is 1. The van der Waals surface area contributed by atoms with Crippen molar-refractivity contribution < 1.29 is 9.90 Å². The van der Waals surface area contributed by atoms with Gasteiger partial charge in [0.05, 0.1) is 5.69 Å². The summed E-state index contributed by atoms with van der Waals surface area (Å²) < 4.78 is 1.53. The van der Waals surface area contributed by atoms with Crippen molar-refractivity contribution >= 4 is 11.6 Å². The molecule has 106 valence electrons. The SMILES string of the molecule is Cn1cc(N)c(C(=O)NCC2CCCCC2CO)n1. The molecule has 0 spiro atoms. The van der Waals surface area contributed by atoms with Gasteiger partial charge in [0.25, 0.3) is 5.91 Å². The van der Waals surface area contributed by atoms with Crippen LogP contribution in [0.5, 0.6) is 0 Å². The second kappa shape index (κ2) is 6.06. The molecule has 1 aliphatic carbocycles. The first kappa shape index (κ1) is 13.9. The van der Waals surface area contributed by atoms with E-state index in [4.69, 9.17) is 5.73 Å². The minimum Gasteiger partial charge on any atom is -0.396 e. The van der Waals surface area contributed by atoms with Crippen LogP contribution in [-0.2, 0) is 7.05 Å². The molecule has 0 saturated heterocycles. The highest BCUT2D eigenvalue weighted by Crippen LogP contribution is 2.29. The summed E-state index contributed by atoms with van der Waals surface area (Å²) in [5, 5.41) is 16.3. The van der Waals surface area contributed by atoms with Gasteiger partial charge in [-0.05, 0) is 24.7 Å². The molecule has 1 fully saturated rings. The number of aromatic nitrogens is 2. The molecule has 2 unspecified atom stereocenters. The van der Waals surface area contributed by atoms with E-state index in [1.807, 2.05) is 0 Å². The fourth-order valence-electron chi connectivity index (χ4n) is 2.78. The largest absolute Gasteiger partial charge is 0.396 e. The first-order chi connectivity index (χ1) is 9.11. The van der Waals surface area contributed by atoms with Gasteiger partial charge in [0.2, 0.25) is 0 Å². The topological polar surface area (TPSA) is 93.2 Å². The Bertz CT molecular complexity index is 444. The number of nitrogens with two attached hydrogens (primary N) is 1. The Labute approximate surface area is 113 Å². The Morgan fingerprint density at radius 1 is 1.53 bits per heavy atom. The zero-order valence-electron chi connectivity index (χ0n) is 11.3. The number of nitrogens with one attached hydrogen (secondary N) is 1. The smallest absolute Gasteiger partial charge is 0.273 e. The minimum atomic E-state index is -0.236. The van der Waals surface area contributed by atoms with Crippen LogP contribution in [-0.4, -0.2) is 33.9 Å². The molecule has 6 nitrogen and oxygen atoms in total. The molecule has 6 heteroatoms. The first-order valence-electron chi connectivity index (χ1n) is 6.80. The molecule has 4 N–H and O–H groups in total. The Morgan fingerprint density at radius 3 is 2.79 bits per heavy atom. The van der Waals surface area contributed by atoms with Crippen molar-refractivity contribution in [3.05, 3.63) is 11.9 Å². The lowest BCUT2D eigenvalue weighted by molar-refractivity contribution is 0.0904. The second-order valence-electron chi connectivity index (χ2n) is 5.30. The molecule has 0 aromatic carbocycles. The summed E-state index contributed by atoms with van der Waals surface area (Å²) in [5.74, 6) is 0.420. The lowest BCUT2D eigenvalue weighted by atomic mass is 9.79. The zero-order valence-corrected chi connectivity index (χ0v) is 11.3. The fourth-order valence-corrected chi connectivity index (χ4v) is 2.78. The van der Waals surface area contributed by atoms with Gasteiger partial charge >= 0.3 is 0 Å². The maximum Gasteiger partial charge on any atom is 0.273 e. The van der Waals surface area contributed by atoms with E-state index in [2.05, 4.69) is 10.4 Å². The Balaban J connectivity index is 1.91. The molecule has 19 heavy (non-hydrogen) atoms. The van der Waals surface area contributed by atoms with E-state index in [-0.39, 0.29) is 18.2 Å². The summed E-state index contributed by atoms with van der Waals surface area (Å²) in [6, 6.07) is 0. The summed E-state index contributed by atoms with van der Waals surface area (Å²) >= 11 is 0. The van der Waals surface area contributed by atoms with Crippen LogP contribution in [0, 0.1) is 11.8 Å². The number of anilines is 1. The predicted octanol–water partition coefficient (Wildman–Crippen LogP) is 0.531. The molecule has 1 saturated carbocycles. The van der Waals surface area contributed by atoms with E-state index in [0.717, 1.165) is 12.8 Å². The molecule has 2 atom stereocenters. The lowest BCUT2D eigenvalue weighted by Gasteiger charge is -2.30. The number of hydrogen-bond acceptors (Lipinski definition) is 4. The van der Waals surface area contributed by atoms with Crippen LogP contribution in [0.4, 0.5) is 5.69 Å². The van der Waals surface area contributed by atoms with Gasteiger partial charge in [0, 0.05) is 26.4 Å². The summed E-state index contributed by atoms with van der Waals surface area (Å²) in [4.78, 5) is 12.0. The van der Waals surface area contributed by atoms with E-state index < -0.39 is 0 Å². The minimum absolute atomic E-state index is 0.201. The van der Waals surface area contributed by atoms with Crippen LogP contribution >= 0.6 is 0 Å². The molecule has 0 radical (unpaired) electrons. The van der Waals surface area contributed by atoms with E-state index in [9.17, 15) is 9.90 Å². The third kappa shape index (κ3) is 3.26. The van der Waals surface area contributed by atoms with Crippen molar-refractivity contribution in [2.45, 2.75) is 25.7 Å². The highest BCUT2D eigenvalue weighted by molar-refractivity contribution is 5.96. The summed E-state index contributed by atoms with van der Waals surface area (Å²) in [6.07, 6.45) is 6.06. The van der Waals surface area contributed by atoms with Gasteiger partial charge in [-0.25, -0.2) is 0 Å². The molecule has 2 rings (SSSR count). The lowest BCUT2D eigenvalue weighted by Crippen LogP contribution is -2.35. The first-order valence-corrected chi connectivity index (χ1v) is 6.80. The Morgan fingerprint density at radius 2 is 2.21 bits per heavy atom. The molecule has 1 heterocycles. The molecule has 0 bridgehead atoms.